The van der Waals surface area contributed by atoms with Crippen LogP contribution in [0.15, 0.2) is 48.8 Å². The second kappa shape index (κ2) is 8.62. The molecule has 3 heterocycles. The molecule has 170 valence electrons. The normalized spacial score (nSPS) is 15.1. The van der Waals surface area contributed by atoms with Gasteiger partial charge in [0.1, 0.15) is 23.1 Å². The topological polar surface area (TPSA) is 88.1 Å². The summed E-state index contributed by atoms with van der Waals surface area (Å²) in [4.78, 5) is 15.1. The van der Waals surface area contributed by atoms with Crippen LogP contribution in [0, 0.1) is 11.6 Å². The molecule has 1 saturated heterocycles. The Hall–Kier alpha value is -3.79. The van der Waals surface area contributed by atoms with E-state index in [2.05, 4.69) is 32.6 Å². The average molecular weight is 452 g/mol. The SMILES string of the molecule is CN1CCC(n2cc(C(=O)Nc3n[nH]c4ccc(Oc5cc(F)cc(F)c5)cc34)cn2)CC1. The van der Waals surface area contributed by atoms with Gasteiger partial charge in [0.05, 0.1) is 23.3 Å². The summed E-state index contributed by atoms with van der Waals surface area (Å²) in [7, 11) is 2.10. The number of likely N-dealkylation sites (tertiary alicyclic amines) is 1. The van der Waals surface area contributed by atoms with Crippen LogP contribution >= 0.6 is 0 Å². The quantitative estimate of drug-likeness (QED) is 0.470. The molecule has 0 bridgehead atoms. The minimum Gasteiger partial charge on any atom is -0.457 e. The molecule has 2 aromatic carbocycles. The number of aromatic nitrogens is 4. The summed E-state index contributed by atoms with van der Waals surface area (Å²) < 4.78 is 34.3. The molecule has 0 unspecified atom stereocenters. The van der Waals surface area contributed by atoms with Crippen LogP contribution in [0.5, 0.6) is 11.5 Å². The van der Waals surface area contributed by atoms with Crippen molar-refractivity contribution in [3.8, 4) is 11.5 Å². The third-order valence-electron chi connectivity index (χ3n) is 5.76. The van der Waals surface area contributed by atoms with Crippen LogP contribution in [0.1, 0.15) is 29.2 Å². The van der Waals surface area contributed by atoms with Crippen LogP contribution in [0.3, 0.4) is 0 Å². The van der Waals surface area contributed by atoms with Crippen molar-refractivity contribution in [3.63, 3.8) is 0 Å². The first-order valence-corrected chi connectivity index (χ1v) is 10.6. The lowest BCUT2D eigenvalue weighted by Gasteiger charge is -2.28. The van der Waals surface area contributed by atoms with Gasteiger partial charge in [0.15, 0.2) is 5.82 Å². The molecule has 33 heavy (non-hydrogen) atoms. The predicted molar refractivity (Wildman–Crippen MR) is 118 cm³/mol. The molecule has 5 rings (SSSR count). The van der Waals surface area contributed by atoms with Crippen molar-refractivity contribution < 1.29 is 18.3 Å². The maximum absolute atomic E-state index is 13.4. The van der Waals surface area contributed by atoms with Crippen molar-refractivity contribution in [1.82, 2.24) is 24.9 Å². The van der Waals surface area contributed by atoms with E-state index >= 15 is 0 Å². The van der Waals surface area contributed by atoms with Crippen molar-refractivity contribution in [3.05, 3.63) is 66.0 Å². The summed E-state index contributed by atoms with van der Waals surface area (Å²) in [5.41, 5.74) is 1.11. The first kappa shape index (κ1) is 21.1. The number of halogens is 2. The molecule has 1 aliphatic heterocycles. The standard InChI is InChI=1S/C23H22F2N6O2/c1-30-6-4-17(5-7-30)31-13-14(12-26-31)23(32)27-22-20-11-18(2-3-21(20)28-29-22)33-19-9-15(24)8-16(25)10-19/h2-3,8-13,17H,4-7H2,1H3,(H2,27,28,29,32). The van der Waals surface area contributed by atoms with Crippen LogP contribution in [-0.2, 0) is 0 Å². The number of carbonyl (C=O) groups excluding carboxylic acids is 1. The second-order valence-electron chi connectivity index (χ2n) is 8.18. The maximum atomic E-state index is 13.4. The number of carbonyl (C=O) groups is 1. The van der Waals surface area contributed by atoms with Crippen molar-refractivity contribution in [2.24, 2.45) is 0 Å². The molecule has 0 spiro atoms. The maximum Gasteiger partial charge on any atom is 0.260 e. The third-order valence-corrected chi connectivity index (χ3v) is 5.76. The van der Waals surface area contributed by atoms with Gasteiger partial charge in [-0.15, -0.1) is 0 Å². The summed E-state index contributed by atoms with van der Waals surface area (Å²) >= 11 is 0. The molecule has 2 N–H and O–H groups in total. The van der Waals surface area contributed by atoms with Crippen molar-refractivity contribution >= 4 is 22.6 Å². The third kappa shape index (κ3) is 4.56. The Bertz CT molecular complexity index is 1290. The van der Waals surface area contributed by atoms with E-state index in [0.717, 1.165) is 44.1 Å². The van der Waals surface area contributed by atoms with Crippen LogP contribution < -0.4 is 10.1 Å². The molecule has 8 nitrogen and oxygen atoms in total. The van der Waals surface area contributed by atoms with E-state index in [1.807, 2.05) is 4.68 Å². The molecule has 0 aliphatic carbocycles. The summed E-state index contributed by atoms with van der Waals surface area (Å²) in [6.07, 6.45) is 5.28. The lowest BCUT2D eigenvalue weighted by Crippen LogP contribution is -2.31. The van der Waals surface area contributed by atoms with E-state index in [4.69, 9.17) is 4.74 Å². The molecule has 0 atom stereocenters. The number of amides is 1. The van der Waals surface area contributed by atoms with Crippen molar-refractivity contribution in [2.75, 3.05) is 25.5 Å². The smallest absolute Gasteiger partial charge is 0.260 e. The number of hydrogen-bond acceptors (Lipinski definition) is 5. The highest BCUT2D eigenvalue weighted by molar-refractivity contribution is 6.07. The van der Waals surface area contributed by atoms with Gasteiger partial charge in [-0.2, -0.15) is 10.2 Å². The first-order valence-electron chi connectivity index (χ1n) is 10.6. The monoisotopic (exact) mass is 452 g/mol. The van der Waals surface area contributed by atoms with Crippen LogP contribution in [-0.4, -0.2) is 50.9 Å². The lowest BCUT2D eigenvalue weighted by molar-refractivity contribution is 0.102. The zero-order valence-corrected chi connectivity index (χ0v) is 17.9. The number of piperidine rings is 1. The van der Waals surface area contributed by atoms with E-state index < -0.39 is 11.6 Å². The van der Waals surface area contributed by atoms with Gasteiger partial charge in [0.25, 0.3) is 5.91 Å². The number of nitrogens with zero attached hydrogens (tertiary/aromatic N) is 4. The van der Waals surface area contributed by atoms with Crippen molar-refractivity contribution in [1.29, 1.82) is 0 Å². The fourth-order valence-electron chi connectivity index (χ4n) is 3.97. The molecule has 1 aliphatic rings. The molecule has 0 radical (unpaired) electrons. The molecule has 4 aromatic rings. The van der Waals surface area contributed by atoms with Gasteiger partial charge in [0.2, 0.25) is 0 Å². The number of hydrogen-bond donors (Lipinski definition) is 2. The Morgan fingerprint density at radius 2 is 1.88 bits per heavy atom. The summed E-state index contributed by atoms with van der Waals surface area (Å²) in [6.45, 7) is 2.00. The molecular weight excluding hydrogens is 430 g/mol. The Morgan fingerprint density at radius 3 is 2.64 bits per heavy atom. The molecule has 0 saturated carbocycles. The fourth-order valence-corrected chi connectivity index (χ4v) is 3.97. The number of rotatable bonds is 5. The molecule has 1 fully saturated rings. The van der Waals surface area contributed by atoms with Crippen LogP contribution in [0.2, 0.25) is 0 Å². The Labute approximate surface area is 188 Å². The fraction of sp³-hybridized carbons (Fsp3) is 0.261. The van der Waals surface area contributed by atoms with Gasteiger partial charge in [-0.25, -0.2) is 8.78 Å². The average Bonchev–Trinajstić information content (AvgIpc) is 3.41. The van der Waals surface area contributed by atoms with E-state index in [1.165, 1.54) is 0 Å². The summed E-state index contributed by atoms with van der Waals surface area (Å²) in [5, 5.41) is 14.8. The Morgan fingerprint density at radius 1 is 1.12 bits per heavy atom. The number of anilines is 1. The number of ether oxygens (including phenoxy) is 1. The molecule has 2 aromatic heterocycles. The van der Waals surface area contributed by atoms with E-state index in [0.29, 0.717) is 28.0 Å². The zero-order valence-electron chi connectivity index (χ0n) is 17.9. The number of fused-ring (bicyclic) bond motifs is 1. The summed E-state index contributed by atoms with van der Waals surface area (Å²) in [6, 6.07) is 8.22. The van der Waals surface area contributed by atoms with Crippen LogP contribution in [0.25, 0.3) is 10.9 Å². The lowest BCUT2D eigenvalue weighted by atomic mass is 10.1. The van der Waals surface area contributed by atoms with E-state index in [-0.39, 0.29) is 17.7 Å². The van der Waals surface area contributed by atoms with Gasteiger partial charge in [-0.05, 0) is 51.2 Å². The second-order valence-corrected chi connectivity index (χ2v) is 8.18. The largest absolute Gasteiger partial charge is 0.457 e. The summed E-state index contributed by atoms with van der Waals surface area (Å²) in [5.74, 6) is -1.10. The highest BCUT2D eigenvalue weighted by Gasteiger charge is 2.21. The number of H-pyrrole nitrogens is 1. The van der Waals surface area contributed by atoms with Crippen LogP contribution in [0.4, 0.5) is 14.6 Å². The van der Waals surface area contributed by atoms with Gasteiger partial charge < -0.3 is 15.0 Å². The van der Waals surface area contributed by atoms with Crippen molar-refractivity contribution in [2.45, 2.75) is 18.9 Å². The highest BCUT2D eigenvalue weighted by atomic mass is 19.1. The van der Waals surface area contributed by atoms with Gasteiger partial charge in [-0.1, -0.05) is 0 Å². The first-order chi connectivity index (χ1) is 15.9. The van der Waals surface area contributed by atoms with Gasteiger partial charge in [0, 0.05) is 29.8 Å². The molecule has 10 heteroatoms. The zero-order chi connectivity index (χ0) is 22.9. The highest BCUT2D eigenvalue weighted by Crippen LogP contribution is 2.29. The molecular formula is C23H22F2N6O2. The Balaban J connectivity index is 1.33. The Kier molecular flexibility index (Phi) is 5.51. The minimum absolute atomic E-state index is 0.0299. The molecule has 1 amide bonds. The van der Waals surface area contributed by atoms with E-state index in [1.54, 1.807) is 30.6 Å². The number of nitrogens with one attached hydrogen (secondary N) is 2. The van der Waals surface area contributed by atoms with Gasteiger partial charge >= 0.3 is 0 Å². The van der Waals surface area contributed by atoms with Gasteiger partial charge in [-0.3, -0.25) is 14.6 Å². The van der Waals surface area contributed by atoms with E-state index in [9.17, 15) is 13.6 Å². The number of benzene rings is 2. The minimum atomic E-state index is -0.733. The predicted octanol–water partition coefficient (Wildman–Crippen LogP) is 4.35. The number of aromatic amines is 1.